The highest BCUT2D eigenvalue weighted by Gasteiger charge is 2.51. The Hall–Kier alpha value is -1.15. The quantitative estimate of drug-likeness (QED) is 0.0828. The molecule has 0 radical (unpaired) electrons. The van der Waals surface area contributed by atoms with E-state index < -0.39 is 75.7 Å². The van der Waals surface area contributed by atoms with Crippen LogP contribution in [-0.4, -0.2) is 98.3 Å². The van der Waals surface area contributed by atoms with Crippen LogP contribution in [0.25, 0.3) is 0 Å². The van der Waals surface area contributed by atoms with Crippen LogP contribution in [0.15, 0.2) is 0 Å². The summed E-state index contributed by atoms with van der Waals surface area (Å²) in [6, 6.07) is 0. The molecular weight excluding hydrogens is 503 g/mol. The van der Waals surface area contributed by atoms with Crippen molar-refractivity contribution in [1.29, 1.82) is 0 Å². The minimum atomic E-state index is -5.06. The average molecular weight is 545 g/mol. The molecule has 1 aliphatic carbocycles. The smallest absolute Gasteiger partial charge is 0.462 e. The van der Waals surface area contributed by atoms with Gasteiger partial charge >= 0.3 is 19.8 Å². The fourth-order valence-corrected chi connectivity index (χ4v) is 4.53. The van der Waals surface area contributed by atoms with Crippen molar-refractivity contribution in [2.24, 2.45) is 0 Å². The van der Waals surface area contributed by atoms with Gasteiger partial charge in [-0.3, -0.25) is 18.6 Å². The van der Waals surface area contributed by atoms with Gasteiger partial charge in [-0.2, -0.15) is 0 Å². The van der Waals surface area contributed by atoms with Gasteiger partial charge in [-0.05, 0) is 6.42 Å². The Labute approximate surface area is 210 Å². The summed E-state index contributed by atoms with van der Waals surface area (Å²) >= 11 is 0. The molecule has 14 heteroatoms. The molecule has 1 fully saturated rings. The number of rotatable bonds is 17. The van der Waals surface area contributed by atoms with Crippen molar-refractivity contribution in [3.05, 3.63) is 0 Å². The van der Waals surface area contributed by atoms with E-state index in [4.69, 9.17) is 18.5 Å². The van der Waals surface area contributed by atoms with Gasteiger partial charge in [0.2, 0.25) is 0 Å². The fourth-order valence-electron chi connectivity index (χ4n) is 3.56. The largest absolute Gasteiger partial charge is 0.472 e. The van der Waals surface area contributed by atoms with Gasteiger partial charge in [-0.15, -0.1) is 0 Å². The van der Waals surface area contributed by atoms with E-state index in [1.165, 1.54) is 6.42 Å². The molecule has 212 valence electrons. The van der Waals surface area contributed by atoms with Crippen molar-refractivity contribution in [3.8, 4) is 0 Å². The molecule has 0 heterocycles. The Bertz CT molecular complexity index is 689. The number of carbonyl (C=O) groups excluding carboxylic acids is 2. The first-order valence-electron chi connectivity index (χ1n) is 12.3. The van der Waals surface area contributed by atoms with Crippen molar-refractivity contribution < 1.29 is 63.1 Å². The molecule has 0 bridgehead atoms. The summed E-state index contributed by atoms with van der Waals surface area (Å²) in [5.41, 5.74) is 0. The molecule has 6 N–H and O–H groups in total. The SMILES string of the molecule is CCCCCCCCCC(=O)OC(COC(=O)CC)COP(=O)(O)OC1C(O)C(O)C(O)C(O)C1O. The van der Waals surface area contributed by atoms with Gasteiger partial charge in [0.25, 0.3) is 0 Å². The maximum atomic E-state index is 12.4. The van der Waals surface area contributed by atoms with Crippen LogP contribution in [0, 0.1) is 0 Å². The minimum absolute atomic E-state index is 0.0507. The number of carbonyl (C=O) groups is 2. The Morgan fingerprint density at radius 1 is 0.778 bits per heavy atom. The van der Waals surface area contributed by atoms with Crippen LogP contribution in [-0.2, 0) is 32.7 Å². The molecule has 0 amide bonds. The second kappa shape index (κ2) is 16.6. The van der Waals surface area contributed by atoms with Crippen molar-refractivity contribution in [3.63, 3.8) is 0 Å². The zero-order chi connectivity index (χ0) is 27.3. The number of unbranched alkanes of at least 4 members (excludes halogenated alkanes) is 6. The molecule has 6 atom stereocenters. The normalized spacial score (nSPS) is 28.8. The first-order valence-corrected chi connectivity index (χ1v) is 13.8. The number of hydrogen-bond donors (Lipinski definition) is 6. The van der Waals surface area contributed by atoms with E-state index in [2.05, 4.69) is 6.92 Å². The standard InChI is InChI=1S/C22H41O13P/c1-3-5-6-7-8-9-10-11-16(24)34-14(12-32-15(23)4-2)13-33-36(30,31)35-22-20(28)18(26)17(25)19(27)21(22)29/h14,17-22,25-29H,3-13H2,1-2H3,(H,30,31). The maximum absolute atomic E-state index is 12.4. The molecule has 0 spiro atoms. The summed E-state index contributed by atoms with van der Waals surface area (Å²) in [5.74, 6) is -1.21. The second-order valence-electron chi connectivity index (χ2n) is 8.81. The first kappa shape index (κ1) is 32.9. The zero-order valence-electron chi connectivity index (χ0n) is 20.8. The van der Waals surface area contributed by atoms with Crippen molar-refractivity contribution >= 4 is 19.8 Å². The van der Waals surface area contributed by atoms with E-state index in [0.29, 0.717) is 6.42 Å². The average Bonchev–Trinajstić information content (AvgIpc) is 2.85. The molecule has 36 heavy (non-hydrogen) atoms. The predicted octanol–water partition coefficient (Wildman–Crippen LogP) is 0.312. The van der Waals surface area contributed by atoms with Gasteiger partial charge < -0.3 is 39.9 Å². The van der Waals surface area contributed by atoms with Crippen LogP contribution >= 0.6 is 7.82 Å². The van der Waals surface area contributed by atoms with E-state index in [-0.39, 0.29) is 12.8 Å². The van der Waals surface area contributed by atoms with Gasteiger partial charge in [0.05, 0.1) is 6.61 Å². The predicted molar refractivity (Wildman–Crippen MR) is 124 cm³/mol. The Balaban J connectivity index is 2.63. The molecule has 0 aromatic heterocycles. The van der Waals surface area contributed by atoms with E-state index in [1.54, 1.807) is 6.92 Å². The molecular formula is C22H41O13P. The first-order chi connectivity index (χ1) is 16.9. The van der Waals surface area contributed by atoms with Crippen LogP contribution in [0.3, 0.4) is 0 Å². The van der Waals surface area contributed by atoms with E-state index in [9.17, 15) is 44.6 Å². The lowest BCUT2D eigenvalue weighted by atomic mass is 9.85. The van der Waals surface area contributed by atoms with Crippen LogP contribution in [0.2, 0.25) is 0 Å². The third-order valence-corrected chi connectivity index (χ3v) is 6.74. The Kier molecular flexibility index (Phi) is 15.2. The lowest BCUT2D eigenvalue weighted by molar-refractivity contribution is -0.220. The summed E-state index contributed by atoms with van der Waals surface area (Å²) in [6.07, 6.45) is -6.06. The number of phosphoric acid groups is 1. The Morgan fingerprint density at radius 3 is 1.86 bits per heavy atom. The van der Waals surface area contributed by atoms with Gasteiger partial charge in [-0.1, -0.05) is 52.4 Å². The number of hydrogen-bond acceptors (Lipinski definition) is 12. The molecule has 1 aliphatic rings. The van der Waals surface area contributed by atoms with Crippen LogP contribution in [0.5, 0.6) is 0 Å². The number of aliphatic hydroxyl groups excluding tert-OH is 5. The highest BCUT2D eigenvalue weighted by Crippen LogP contribution is 2.47. The topological polar surface area (TPSA) is 210 Å². The van der Waals surface area contributed by atoms with Crippen molar-refractivity contribution in [2.75, 3.05) is 13.2 Å². The van der Waals surface area contributed by atoms with E-state index >= 15 is 0 Å². The second-order valence-corrected chi connectivity index (χ2v) is 10.2. The van der Waals surface area contributed by atoms with Gasteiger partial charge in [0.1, 0.15) is 43.2 Å². The monoisotopic (exact) mass is 544 g/mol. The van der Waals surface area contributed by atoms with Gasteiger partial charge in [-0.25, -0.2) is 4.57 Å². The van der Waals surface area contributed by atoms with Crippen LogP contribution < -0.4 is 0 Å². The lowest BCUT2D eigenvalue weighted by Gasteiger charge is -2.41. The summed E-state index contributed by atoms with van der Waals surface area (Å²) < 4.78 is 32.1. The number of phosphoric ester groups is 1. The summed E-state index contributed by atoms with van der Waals surface area (Å²) in [5, 5.41) is 49.0. The highest BCUT2D eigenvalue weighted by molar-refractivity contribution is 7.47. The molecule has 6 unspecified atom stereocenters. The number of aliphatic hydroxyl groups is 5. The molecule has 0 aliphatic heterocycles. The molecule has 13 nitrogen and oxygen atoms in total. The molecule has 0 aromatic carbocycles. The van der Waals surface area contributed by atoms with Crippen molar-refractivity contribution in [1.82, 2.24) is 0 Å². The zero-order valence-corrected chi connectivity index (χ0v) is 21.7. The molecule has 0 saturated heterocycles. The molecule has 1 saturated carbocycles. The number of ether oxygens (including phenoxy) is 2. The fraction of sp³-hybridized carbons (Fsp3) is 0.909. The van der Waals surface area contributed by atoms with Gasteiger partial charge in [0, 0.05) is 12.8 Å². The Morgan fingerprint density at radius 2 is 1.31 bits per heavy atom. The highest BCUT2D eigenvalue weighted by atomic mass is 31.2. The summed E-state index contributed by atoms with van der Waals surface area (Å²) in [4.78, 5) is 33.7. The van der Waals surface area contributed by atoms with E-state index in [1.807, 2.05) is 0 Å². The third-order valence-electron chi connectivity index (χ3n) is 5.75. The van der Waals surface area contributed by atoms with E-state index in [0.717, 1.165) is 32.1 Å². The minimum Gasteiger partial charge on any atom is -0.462 e. The maximum Gasteiger partial charge on any atom is 0.472 e. The van der Waals surface area contributed by atoms with Crippen LogP contribution in [0.1, 0.15) is 71.6 Å². The molecule has 1 rings (SSSR count). The third kappa shape index (κ3) is 11.5. The summed E-state index contributed by atoms with van der Waals surface area (Å²) in [7, 11) is -5.06. The van der Waals surface area contributed by atoms with Crippen LogP contribution in [0.4, 0.5) is 0 Å². The summed E-state index contributed by atoms with van der Waals surface area (Å²) in [6.45, 7) is 2.49. The molecule has 0 aromatic rings. The van der Waals surface area contributed by atoms with Gasteiger partial charge in [0.15, 0.2) is 6.10 Å². The number of esters is 2. The van der Waals surface area contributed by atoms with Crippen molar-refractivity contribution in [2.45, 2.75) is 114 Å². The lowest BCUT2D eigenvalue weighted by Crippen LogP contribution is -2.64.